The number of hydrogen-bond donors (Lipinski definition) is 1. The van der Waals surface area contributed by atoms with E-state index >= 15 is 0 Å². The van der Waals surface area contributed by atoms with Crippen molar-refractivity contribution >= 4 is 0 Å². The first-order valence-corrected chi connectivity index (χ1v) is 3.67. The summed E-state index contributed by atoms with van der Waals surface area (Å²) in [5, 5.41) is 0. The van der Waals surface area contributed by atoms with Crippen LogP contribution in [-0.4, -0.2) is 18.8 Å². The van der Waals surface area contributed by atoms with Gasteiger partial charge in [0.25, 0.3) is 0 Å². The zero-order valence-electron chi connectivity index (χ0n) is 6.02. The van der Waals surface area contributed by atoms with Crippen LogP contribution in [0.4, 0.5) is 0 Å². The third kappa shape index (κ3) is 1.66. The van der Waals surface area contributed by atoms with Gasteiger partial charge in [0.05, 0.1) is 5.60 Å². The Bertz CT molecular complexity index is 80.9. The van der Waals surface area contributed by atoms with Gasteiger partial charge in [0.1, 0.15) is 0 Å². The van der Waals surface area contributed by atoms with E-state index in [0.717, 1.165) is 19.6 Å². The van der Waals surface area contributed by atoms with Crippen molar-refractivity contribution in [3.05, 3.63) is 0 Å². The van der Waals surface area contributed by atoms with Gasteiger partial charge in [-0.05, 0) is 32.7 Å². The smallest absolute Gasteiger partial charge is 0.0696 e. The SMILES string of the molecule is CCOC1(CCN)CC1. The summed E-state index contributed by atoms with van der Waals surface area (Å²) in [6.45, 7) is 3.64. The quantitative estimate of drug-likeness (QED) is 0.612. The molecule has 1 fully saturated rings. The van der Waals surface area contributed by atoms with Crippen molar-refractivity contribution in [1.29, 1.82) is 0 Å². The molecule has 1 rings (SSSR count). The molecular formula is C7H15NO. The van der Waals surface area contributed by atoms with E-state index in [1.807, 2.05) is 6.92 Å². The number of nitrogens with two attached hydrogens (primary N) is 1. The average molecular weight is 129 g/mol. The molecule has 0 heterocycles. The van der Waals surface area contributed by atoms with E-state index < -0.39 is 0 Å². The molecule has 0 aromatic rings. The molecule has 2 heteroatoms. The molecule has 0 aliphatic heterocycles. The lowest BCUT2D eigenvalue weighted by atomic mass is 10.2. The summed E-state index contributed by atoms with van der Waals surface area (Å²) in [7, 11) is 0. The van der Waals surface area contributed by atoms with Gasteiger partial charge in [0, 0.05) is 6.61 Å². The van der Waals surface area contributed by atoms with E-state index in [-0.39, 0.29) is 5.60 Å². The number of rotatable bonds is 4. The van der Waals surface area contributed by atoms with E-state index in [9.17, 15) is 0 Å². The maximum absolute atomic E-state index is 5.50. The highest BCUT2D eigenvalue weighted by Crippen LogP contribution is 2.41. The molecule has 9 heavy (non-hydrogen) atoms. The Kier molecular flexibility index (Phi) is 2.09. The standard InChI is InChI=1S/C7H15NO/c1-2-9-7(3-4-7)5-6-8/h2-6,8H2,1H3. The van der Waals surface area contributed by atoms with Crippen LogP contribution in [0.25, 0.3) is 0 Å². The Balaban J connectivity index is 2.17. The third-order valence-electron chi connectivity index (χ3n) is 1.86. The summed E-state index contributed by atoms with van der Waals surface area (Å²) >= 11 is 0. The van der Waals surface area contributed by atoms with E-state index in [1.54, 1.807) is 0 Å². The highest BCUT2D eigenvalue weighted by molar-refractivity contribution is 4.95. The summed E-state index contributed by atoms with van der Waals surface area (Å²) < 4.78 is 5.50. The van der Waals surface area contributed by atoms with Crippen molar-refractivity contribution in [1.82, 2.24) is 0 Å². The van der Waals surface area contributed by atoms with Crippen LogP contribution in [0.2, 0.25) is 0 Å². The number of hydrogen-bond acceptors (Lipinski definition) is 2. The van der Waals surface area contributed by atoms with E-state index in [0.29, 0.717) is 0 Å². The van der Waals surface area contributed by atoms with Crippen LogP contribution in [-0.2, 0) is 4.74 Å². The van der Waals surface area contributed by atoms with Gasteiger partial charge in [-0.3, -0.25) is 0 Å². The summed E-state index contributed by atoms with van der Waals surface area (Å²) in [5.74, 6) is 0. The second-order valence-corrected chi connectivity index (χ2v) is 2.65. The van der Waals surface area contributed by atoms with Crippen molar-refractivity contribution in [2.45, 2.75) is 31.8 Å². The summed E-state index contributed by atoms with van der Waals surface area (Å²) in [6.07, 6.45) is 3.48. The number of ether oxygens (including phenoxy) is 1. The molecule has 1 aliphatic rings. The highest BCUT2D eigenvalue weighted by atomic mass is 16.5. The molecule has 2 N–H and O–H groups in total. The van der Waals surface area contributed by atoms with Crippen LogP contribution >= 0.6 is 0 Å². The molecule has 0 spiro atoms. The van der Waals surface area contributed by atoms with Crippen molar-refractivity contribution in [2.24, 2.45) is 5.73 Å². The molecule has 0 aromatic carbocycles. The molecule has 0 amide bonds. The second kappa shape index (κ2) is 2.67. The third-order valence-corrected chi connectivity index (χ3v) is 1.86. The molecule has 0 atom stereocenters. The molecular weight excluding hydrogens is 114 g/mol. The Hall–Kier alpha value is -0.0800. The van der Waals surface area contributed by atoms with Crippen LogP contribution in [0.3, 0.4) is 0 Å². The van der Waals surface area contributed by atoms with Crippen LogP contribution in [0.5, 0.6) is 0 Å². The molecule has 1 saturated carbocycles. The molecule has 0 radical (unpaired) electrons. The van der Waals surface area contributed by atoms with Crippen molar-refractivity contribution in [3.8, 4) is 0 Å². The van der Waals surface area contributed by atoms with Gasteiger partial charge < -0.3 is 10.5 Å². The van der Waals surface area contributed by atoms with Crippen LogP contribution < -0.4 is 5.73 Å². The van der Waals surface area contributed by atoms with E-state index in [1.165, 1.54) is 12.8 Å². The predicted molar refractivity (Wildman–Crippen MR) is 37.3 cm³/mol. The lowest BCUT2D eigenvalue weighted by Crippen LogP contribution is -2.18. The minimum absolute atomic E-state index is 0.226. The highest BCUT2D eigenvalue weighted by Gasteiger charge is 2.42. The first-order chi connectivity index (χ1) is 4.33. The lowest BCUT2D eigenvalue weighted by Gasteiger charge is -2.12. The van der Waals surface area contributed by atoms with Crippen LogP contribution in [0.1, 0.15) is 26.2 Å². The van der Waals surface area contributed by atoms with Crippen molar-refractivity contribution in [3.63, 3.8) is 0 Å². The Morgan fingerprint density at radius 2 is 2.22 bits per heavy atom. The topological polar surface area (TPSA) is 35.2 Å². The minimum Gasteiger partial charge on any atom is -0.375 e. The summed E-state index contributed by atoms with van der Waals surface area (Å²) in [5.41, 5.74) is 5.63. The van der Waals surface area contributed by atoms with Crippen molar-refractivity contribution < 1.29 is 4.74 Å². The molecule has 0 unspecified atom stereocenters. The summed E-state index contributed by atoms with van der Waals surface area (Å²) in [4.78, 5) is 0. The fraction of sp³-hybridized carbons (Fsp3) is 1.00. The van der Waals surface area contributed by atoms with Crippen LogP contribution in [0, 0.1) is 0 Å². The maximum Gasteiger partial charge on any atom is 0.0696 e. The lowest BCUT2D eigenvalue weighted by molar-refractivity contribution is 0.0375. The first kappa shape index (κ1) is 7.03. The fourth-order valence-corrected chi connectivity index (χ4v) is 1.18. The zero-order valence-corrected chi connectivity index (χ0v) is 6.02. The van der Waals surface area contributed by atoms with Crippen LogP contribution in [0.15, 0.2) is 0 Å². The Morgan fingerprint density at radius 1 is 1.56 bits per heavy atom. The van der Waals surface area contributed by atoms with E-state index in [2.05, 4.69) is 0 Å². The normalized spacial score (nSPS) is 22.0. The largest absolute Gasteiger partial charge is 0.375 e. The zero-order chi connectivity index (χ0) is 6.74. The van der Waals surface area contributed by atoms with E-state index in [4.69, 9.17) is 10.5 Å². The molecule has 0 saturated heterocycles. The molecule has 0 aromatic heterocycles. The molecule has 2 nitrogen and oxygen atoms in total. The van der Waals surface area contributed by atoms with Crippen molar-refractivity contribution in [2.75, 3.05) is 13.2 Å². The Morgan fingerprint density at radius 3 is 2.56 bits per heavy atom. The Labute approximate surface area is 56.4 Å². The van der Waals surface area contributed by atoms with Gasteiger partial charge >= 0.3 is 0 Å². The van der Waals surface area contributed by atoms with Gasteiger partial charge in [0.2, 0.25) is 0 Å². The van der Waals surface area contributed by atoms with Gasteiger partial charge in [-0.1, -0.05) is 0 Å². The maximum atomic E-state index is 5.50. The summed E-state index contributed by atoms with van der Waals surface area (Å²) in [6, 6.07) is 0. The monoisotopic (exact) mass is 129 g/mol. The minimum atomic E-state index is 0.226. The fourth-order valence-electron chi connectivity index (χ4n) is 1.18. The van der Waals surface area contributed by atoms with Gasteiger partial charge in [-0.15, -0.1) is 0 Å². The molecule has 54 valence electrons. The van der Waals surface area contributed by atoms with Gasteiger partial charge in [0.15, 0.2) is 0 Å². The van der Waals surface area contributed by atoms with Gasteiger partial charge in [-0.2, -0.15) is 0 Å². The predicted octanol–water partition coefficient (Wildman–Crippen LogP) is 0.904. The molecule has 0 bridgehead atoms. The molecule has 1 aliphatic carbocycles. The first-order valence-electron chi connectivity index (χ1n) is 3.67. The van der Waals surface area contributed by atoms with Gasteiger partial charge in [-0.25, -0.2) is 0 Å². The second-order valence-electron chi connectivity index (χ2n) is 2.65. The average Bonchev–Trinajstić information content (AvgIpc) is 2.51.